The predicted molar refractivity (Wildman–Crippen MR) is 73.7 cm³/mol. The maximum atomic E-state index is 12.4. The summed E-state index contributed by atoms with van der Waals surface area (Å²) >= 11 is 0. The third-order valence-corrected chi connectivity index (χ3v) is 3.06. The van der Waals surface area contributed by atoms with Gasteiger partial charge >= 0.3 is 0 Å². The van der Waals surface area contributed by atoms with E-state index in [2.05, 4.69) is 5.10 Å². The zero-order valence-corrected chi connectivity index (χ0v) is 11.6. The molecule has 5 heteroatoms. The van der Waals surface area contributed by atoms with Gasteiger partial charge < -0.3 is 10.2 Å². The lowest BCUT2D eigenvalue weighted by molar-refractivity contribution is 0.404. The summed E-state index contributed by atoms with van der Waals surface area (Å²) in [7, 11) is 0. The Labute approximate surface area is 111 Å². The first-order valence-corrected chi connectivity index (χ1v) is 6.23. The second-order valence-electron chi connectivity index (χ2n) is 5.60. The molecule has 2 rings (SSSR count). The van der Waals surface area contributed by atoms with Crippen LogP contribution in [0.1, 0.15) is 33.4 Å². The second-order valence-corrected chi connectivity index (χ2v) is 5.60. The molecule has 19 heavy (non-hydrogen) atoms. The van der Waals surface area contributed by atoms with Crippen molar-refractivity contribution >= 4 is 10.9 Å². The molecule has 0 radical (unpaired) electrons. The Hall–Kier alpha value is -2.04. The van der Waals surface area contributed by atoms with E-state index in [-0.39, 0.29) is 22.3 Å². The van der Waals surface area contributed by atoms with Crippen LogP contribution in [-0.4, -0.2) is 20.0 Å². The van der Waals surface area contributed by atoms with E-state index >= 15 is 0 Å². The standard InChI is InChI=1S/C14H18N2O3/c1-5-16-9-7-11(18)10(17)6-8(9)12(19)13(15-16)14(2,3)4/h6-7,17-18H,5H2,1-4H3. The van der Waals surface area contributed by atoms with Gasteiger partial charge in [-0.15, -0.1) is 0 Å². The lowest BCUT2D eigenvalue weighted by Gasteiger charge is -2.19. The summed E-state index contributed by atoms with van der Waals surface area (Å²) < 4.78 is 1.66. The van der Waals surface area contributed by atoms with E-state index in [0.29, 0.717) is 23.1 Å². The summed E-state index contributed by atoms with van der Waals surface area (Å²) in [6.45, 7) is 8.24. The molecule has 0 saturated heterocycles. The normalized spacial score (nSPS) is 12.0. The highest BCUT2D eigenvalue weighted by Gasteiger charge is 2.23. The van der Waals surface area contributed by atoms with Crippen molar-refractivity contribution in [3.8, 4) is 11.5 Å². The number of hydrogen-bond acceptors (Lipinski definition) is 4. The molecule has 2 N–H and O–H groups in total. The van der Waals surface area contributed by atoms with E-state index in [1.807, 2.05) is 27.7 Å². The van der Waals surface area contributed by atoms with E-state index in [9.17, 15) is 15.0 Å². The zero-order chi connectivity index (χ0) is 14.4. The van der Waals surface area contributed by atoms with Crippen molar-refractivity contribution in [3.63, 3.8) is 0 Å². The summed E-state index contributed by atoms with van der Waals surface area (Å²) in [4.78, 5) is 12.4. The zero-order valence-electron chi connectivity index (χ0n) is 11.6. The smallest absolute Gasteiger partial charge is 0.211 e. The van der Waals surface area contributed by atoms with Gasteiger partial charge in [0.1, 0.15) is 5.69 Å². The maximum Gasteiger partial charge on any atom is 0.211 e. The number of aryl methyl sites for hydroxylation is 1. The van der Waals surface area contributed by atoms with Gasteiger partial charge in [0.2, 0.25) is 5.43 Å². The fourth-order valence-corrected chi connectivity index (χ4v) is 2.04. The van der Waals surface area contributed by atoms with Crippen LogP contribution in [0, 0.1) is 0 Å². The molecule has 0 spiro atoms. The van der Waals surface area contributed by atoms with Gasteiger partial charge in [-0.3, -0.25) is 9.48 Å². The average molecular weight is 262 g/mol. The fourth-order valence-electron chi connectivity index (χ4n) is 2.04. The van der Waals surface area contributed by atoms with Crippen molar-refractivity contribution in [2.45, 2.75) is 39.7 Å². The molecule has 0 fully saturated rings. The SMILES string of the molecule is CCn1nc(C(C)(C)C)c(=O)c2cc(O)c(O)cc21. The van der Waals surface area contributed by atoms with Crippen LogP contribution in [0.2, 0.25) is 0 Å². The van der Waals surface area contributed by atoms with E-state index in [1.165, 1.54) is 12.1 Å². The Morgan fingerprint density at radius 2 is 1.79 bits per heavy atom. The van der Waals surface area contributed by atoms with Crippen LogP contribution in [-0.2, 0) is 12.0 Å². The first kappa shape index (κ1) is 13.4. The fraction of sp³-hybridized carbons (Fsp3) is 0.429. The minimum absolute atomic E-state index is 0.206. The number of aromatic nitrogens is 2. The van der Waals surface area contributed by atoms with Crippen LogP contribution in [0.25, 0.3) is 10.9 Å². The maximum absolute atomic E-state index is 12.4. The van der Waals surface area contributed by atoms with Crippen LogP contribution < -0.4 is 5.43 Å². The minimum atomic E-state index is -0.379. The summed E-state index contributed by atoms with van der Waals surface area (Å²) in [5.41, 5.74) is 0.389. The van der Waals surface area contributed by atoms with Gasteiger partial charge in [-0.05, 0) is 13.0 Å². The second kappa shape index (κ2) is 4.26. The Morgan fingerprint density at radius 1 is 1.21 bits per heavy atom. The molecule has 0 aliphatic rings. The first-order chi connectivity index (χ1) is 8.75. The lowest BCUT2D eigenvalue weighted by atomic mass is 9.91. The molecule has 5 nitrogen and oxygen atoms in total. The molecule has 0 aliphatic heterocycles. The molecule has 1 heterocycles. The number of fused-ring (bicyclic) bond motifs is 1. The van der Waals surface area contributed by atoms with Gasteiger partial charge in [-0.2, -0.15) is 5.10 Å². The number of hydrogen-bond donors (Lipinski definition) is 2. The van der Waals surface area contributed by atoms with Gasteiger partial charge in [0, 0.05) is 18.0 Å². The van der Waals surface area contributed by atoms with E-state index in [1.54, 1.807) is 4.68 Å². The number of phenols is 2. The number of aromatic hydroxyl groups is 2. The largest absolute Gasteiger partial charge is 0.504 e. The average Bonchev–Trinajstić information content (AvgIpc) is 2.31. The quantitative estimate of drug-likeness (QED) is 0.772. The van der Waals surface area contributed by atoms with Gasteiger partial charge in [0.25, 0.3) is 0 Å². The number of rotatable bonds is 1. The van der Waals surface area contributed by atoms with Gasteiger partial charge in [0.15, 0.2) is 11.5 Å². The van der Waals surface area contributed by atoms with Crippen molar-refractivity contribution in [1.29, 1.82) is 0 Å². The minimum Gasteiger partial charge on any atom is -0.504 e. The monoisotopic (exact) mass is 262 g/mol. The molecule has 0 unspecified atom stereocenters. The molecule has 102 valence electrons. The lowest BCUT2D eigenvalue weighted by Crippen LogP contribution is -2.28. The highest BCUT2D eigenvalue weighted by molar-refractivity contribution is 5.82. The van der Waals surface area contributed by atoms with Crippen LogP contribution >= 0.6 is 0 Å². The predicted octanol–water partition coefficient (Wildman–Crippen LogP) is 2.13. The Morgan fingerprint density at radius 3 is 2.32 bits per heavy atom. The first-order valence-electron chi connectivity index (χ1n) is 6.23. The van der Waals surface area contributed by atoms with Crippen molar-refractivity contribution < 1.29 is 10.2 Å². The summed E-state index contributed by atoms with van der Waals surface area (Å²) in [5.74, 6) is -0.544. The summed E-state index contributed by atoms with van der Waals surface area (Å²) in [5, 5.41) is 23.9. The number of nitrogens with zero attached hydrogens (tertiary/aromatic N) is 2. The molecule has 0 amide bonds. The Kier molecular flexibility index (Phi) is 3.00. The third-order valence-electron chi connectivity index (χ3n) is 3.06. The van der Waals surface area contributed by atoms with E-state index < -0.39 is 0 Å². The highest BCUT2D eigenvalue weighted by Crippen LogP contribution is 2.29. The van der Waals surface area contributed by atoms with Crippen LogP contribution in [0.5, 0.6) is 11.5 Å². The topological polar surface area (TPSA) is 75.4 Å². The van der Waals surface area contributed by atoms with Crippen LogP contribution in [0.15, 0.2) is 16.9 Å². The molecule has 0 atom stereocenters. The van der Waals surface area contributed by atoms with Crippen molar-refractivity contribution in [3.05, 3.63) is 28.0 Å². The molecule has 1 aromatic heterocycles. The van der Waals surface area contributed by atoms with Gasteiger partial charge in [0.05, 0.1) is 10.9 Å². The third kappa shape index (κ3) is 2.16. The molecular formula is C14H18N2O3. The Balaban J connectivity index is 2.96. The van der Waals surface area contributed by atoms with Gasteiger partial charge in [-0.1, -0.05) is 20.8 Å². The molecule has 2 aromatic rings. The van der Waals surface area contributed by atoms with Crippen LogP contribution in [0.3, 0.4) is 0 Å². The molecule has 0 saturated carbocycles. The van der Waals surface area contributed by atoms with Crippen molar-refractivity contribution in [1.82, 2.24) is 9.78 Å². The Bertz CT molecular complexity index is 696. The molecule has 0 bridgehead atoms. The molecular weight excluding hydrogens is 244 g/mol. The van der Waals surface area contributed by atoms with Crippen molar-refractivity contribution in [2.75, 3.05) is 0 Å². The molecule has 0 aliphatic carbocycles. The highest BCUT2D eigenvalue weighted by atomic mass is 16.3. The van der Waals surface area contributed by atoms with E-state index in [4.69, 9.17) is 0 Å². The summed E-state index contributed by atoms with van der Waals surface area (Å²) in [6.07, 6.45) is 0. The number of phenolic OH excluding ortho intramolecular Hbond substituents is 2. The molecule has 1 aromatic carbocycles. The van der Waals surface area contributed by atoms with Crippen LogP contribution in [0.4, 0.5) is 0 Å². The van der Waals surface area contributed by atoms with E-state index in [0.717, 1.165) is 0 Å². The van der Waals surface area contributed by atoms with Gasteiger partial charge in [-0.25, -0.2) is 0 Å². The number of benzene rings is 1. The van der Waals surface area contributed by atoms with Crippen molar-refractivity contribution in [2.24, 2.45) is 0 Å². The summed E-state index contributed by atoms with van der Waals surface area (Å²) in [6, 6.07) is 2.67.